The summed E-state index contributed by atoms with van der Waals surface area (Å²) in [6.45, 7) is 4.24. The van der Waals surface area contributed by atoms with Crippen LogP contribution in [0.1, 0.15) is 10.4 Å². The number of para-hydroxylation sites is 1. The predicted molar refractivity (Wildman–Crippen MR) is 104 cm³/mol. The normalized spacial score (nSPS) is 14.1. The third-order valence-corrected chi connectivity index (χ3v) is 4.45. The summed E-state index contributed by atoms with van der Waals surface area (Å²) in [5.41, 5.74) is 1.54. The molecule has 1 fully saturated rings. The van der Waals surface area contributed by atoms with E-state index in [2.05, 4.69) is 37.2 Å². The number of ether oxygens (including phenoxy) is 2. The number of hydrogen-bond donors (Lipinski definition) is 1. The van der Waals surface area contributed by atoms with Crippen LogP contribution in [0.25, 0.3) is 0 Å². The Morgan fingerprint density at radius 1 is 1.11 bits per heavy atom. The highest BCUT2D eigenvalue weighted by Crippen LogP contribution is 2.21. The van der Waals surface area contributed by atoms with Crippen molar-refractivity contribution in [3.63, 3.8) is 0 Å². The topological polar surface area (TPSA) is 79.8 Å². The molecular formula is C19H25N5O3. The lowest BCUT2D eigenvalue weighted by Gasteiger charge is -2.36. The summed E-state index contributed by atoms with van der Waals surface area (Å²) in [5.74, 6) is 0.581. The van der Waals surface area contributed by atoms with Crippen molar-refractivity contribution in [1.29, 1.82) is 0 Å². The van der Waals surface area contributed by atoms with Crippen molar-refractivity contribution in [1.82, 2.24) is 15.3 Å². The fraction of sp³-hybridized carbons (Fsp3) is 0.421. The van der Waals surface area contributed by atoms with E-state index in [1.807, 2.05) is 18.2 Å². The lowest BCUT2D eigenvalue weighted by Crippen LogP contribution is -2.47. The van der Waals surface area contributed by atoms with Gasteiger partial charge in [-0.05, 0) is 12.1 Å². The van der Waals surface area contributed by atoms with Crippen molar-refractivity contribution >= 4 is 17.5 Å². The molecule has 1 aromatic heterocycles. The predicted octanol–water partition coefficient (Wildman–Crippen LogP) is 1.19. The summed E-state index contributed by atoms with van der Waals surface area (Å²) >= 11 is 0. The Hall–Kier alpha value is -2.87. The van der Waals surface area contributed by atoms with E-state index < -0.39 is 0 Å². The van der Waals surface area contributed by atoms with Crippen LogP contribution in [0.4, 0.5) is 11.6 Å². The first-order valence-corrected chi connectivity index (χ1v) is 8.96. The minimum atomic E-state index is -0.274. The quantitative estimate of drug-likeness (QED) is 0.732. The number of benzene rings is 1. The zero-order valence-electron chi connectivity index (χ0n) is 15.7. The molecule has 144 valence electrons. The van der Waals surface area contributed by atoms with Gasteiger partial charge in [0.2, 0.25) is 11.8 Å². The second-order valence-corrected chi connectivity index (χ2v) is 6.15. The summed E-state index contributed by atoms with van der Waals surface area (Å²) in [7, 11) is 3.09. The molecule has 1 aromatic carbocycles. The van der Waals surface area contributed by atoms with E-state index in [-0.39, 0.29) is 11.8 Å². The summed E-state index contributed by atoms with van der Waals surface area (Å²) in [4.78, 5) is 25.5. The van der Waals surface area contributed by atoms with Gasteiger partial charge in [-0.2, -0.15) is 4.98 Å². The molecule has 27 heavy (non-hydrogen) atoms. The van der Waals surface area contributed by atoms with Crippen molar-refractivity contribution < 1.29 is 14.3 Å². The number of amides is 1. The van der Waals surface area contributed by atoms with Crippen LogP contribution in [0.15, 0.2) is 36.5 Å². The number of rotatable bonds is 7. The van der Waals surface area contributed by atoms with Crippen molar-refractivity contribution in [3.05, 3.63) is 42.1 Å². The van der Waals surface area contributed by atoms with Crippen LogP contribution < -0.4 is 19.9 Å². The van der Waals surface area contributed by atoms with Gasteiger partial charge in [-0.25, -0.2) is 4.98 Å². The zero-order valence-corrected chi connectivity index (χ0v) is 15.7. The first kappa shape index (κ1) is 18.9. The van der Waals surface area contributed by atoms with Crippen molar-refractivity contribution in [2.24, 2.45) is 0 Å². The molecule has 0 spiro atoms. The summed E-state index contributed by atoms with van der Waals surface area (Å²) in [6, 6.07) is 10.4. The van der Waals surface area contributed by atoms with Gasteiger partial charge in [0.05, 0.1) is 13.7 Å². The molecule has 1 N–H and O–H groups in total. The molecule has 3 rings (SSSR count). The maximum Gasteiger partial charge on any atom is 0.258 e. The number of nitrogens with zero attached hydrogens (tertiary/aromatic N) is 4. The second-order valence-electron chi connectivity index (χ2n) is 6.15. The molecule has 1 aliphatic heterocycles. The third-order valence-electron chi connectivity index (χ3n) is 4.45. The van der Waals surface area contributed by atoms with E-state index in [0.29, 0.717) is 24.7 Å². The molecule has 0 aliphatic carbocycles. The monoisotopic (exact) mass is 371 g/mol. The van der Waals surface area contributed by atoms with Crippen molar-refractivity contribution in [3.8, 4) is 5.88 Å². The molecule has 0 saturated carbocycles. The number of nitrogens with one attached hydrogen (secondary N) is 1. The van der Waals surface area contributed by atoms with Crippen molar-refractivity contribution in [2.75, 3.05) is 63.4 Å². The minimum absolute atomic E-state index is 0.274. The van der Waals surface area contributed by atoms with Crippen LogP contribution in [0.2, 0.25) is 0 Å². The Bertz CT molecular complexity index is 748. The number of anilines is 2. The summed E-state index contributed by atoms with van der Waals surface area (Å²) in [5, 5.41) is 2.75. The maximum absolute atomic E-state index is 12.2. The van der Waals surface area contributed by atoms with Gasteiger partial charge in [0, 0.05) is 51.7 Å². The molecule has 0 atom stereocenters. The van der Waals surface area contributed by atoms with Gasteiger partial charge in [-0.15, -0.1) is 0 Å². The minimum Gasteiger partial charge on any atom is -0.480 e. The van der Waals surface area contributed by atoms with Gasteiger partial charge in [0.15, 0.2) is 0 Å². The Labute approximate surface area is 159 Å². The maximum atomic E-state index is 12.2. The van der Waals surface area contributed by atoms with Gasteiger partial charge in [-0.3, -0.25) is 4.79 Å². The highest BCUT2D eigenvalue weighted by molar-refractivity contribution is 5.96. The van der Waals surface area contributed by atoms with Gasteiger partial charge in [0.25, 0.3) is 5.91 Å². The highest BCUT2D eigenvalue weighted by atomic mass is 16.5. The molecule has 8 heteroatoms. The highest BCUT2D eigenvalue weighted by Gasteiger charge is 2.22. The lowest BCUT2D eigenvalue weighted by atomic mass is 10.2. The molecular weight excluding hydrogens is 346 g/mol. The number of piperazine rings is 1. The number of carbonyl (C=O) groups excluding carboxylic acids is 1. The van der Waals surface area contributed by atoms with Crippen molar-refractivity contribution in [2.45, 2.75) is 0 Å². The molecule has 0 unspecified atom stereocenters. The lowest BCUT2D eigenvalue weighted by molar-refractivity contribution is 0.0933. The van der Waals surface area contributed by atoms with E-state index >= 15 is 0 Å². The van der Waals surface area contributed by atoms with Crippen LogP contribution >= 0.6 is 0 Å². The van der Waals surface area contributed by atoms with Gasteiger partial charge in [-0.1, -0.05) is 18.2 Å². The largest absolute Gasteiger partial charge is 0.480 e. The van der Waals surface area contributed by atoms with Crippen LogP contribution in [0.3, 0.4) is 0 Å². The standard InChI is InChI=1S/C19H25N5O3/c1-26-13-8-20-17(25)16-14-21-19(22-18(16)27-2)24-11-9-23(10-12-24)15-6-4-3-5-7-15/h3-7,14H,8-13H2,1-2H3,(H,20,25). The molecule has 8 nitrogen and oxygen atoms in total. The summed E-state index contributed by atoms with van der Waals surface area (Å²) < 4.78 is 10.3. The third kappa shape index (κ3) is 4.65. The number of aromatic nitrogens is 2. The molecule has 2 aromatic rings. The molecule has 1 aliphatic rings. The molecule has 0 radical (unpaired) electrons. The second kappa shape index (κ2) is 9.18. The fourth-order valence-corrected chi connectivity index (χ4v) is 2.99. The van der Waals surface area contributed by atoms with Crippen LogP contribution in [-0.4, -0.2) is 69.4 Å². The Morgan fingerprint density at radius 2 is 1.81 bits per heavy atom. The summed E-state index contributed by atoms with van der Waals surface area (Å²) in [6.07, 6.45) is 1.52. The average Bonchev–Trinajstić information content (AvgIpc) is 2.74. The molecule has 1 saturated heterocycles. The molecule has 0 bridgehead atoms. The SMILES string of the molecule is COCCNC(=O)c1cnc(N2CCN(c3ccccc3)CC2)nc1OC. The smallest absolute Gasteiger partial charge is 0.258 e. The van der Waals surface area contributed by atoms with Gasteiger partial charge >= 0.3 is 0 Å². The van der Waals surface area contributed by atoms with Gasteiger partial charge in [0.1, 0.15) is 5.56 Å². The number of hydrogen-bond acceptors (Lipinski definition) is 7. The molecule has 1 amide bonds. The first-order chi connectivity index (χ1) is 13.2. The van der Waals surface area contributed by atoms with E-state index in [1.54, 1.807) is 7.11 Å². The fourth-order valence-electron chi connectivity index (χ4n) is 2.99. The van der Waals surface area contributed by atoms with E-state index in [9.17, 15) is 4.79 Å². The van der Waals surface area contributed by atoms with Gasteiger partial charge < -0.3 is 24.6 Å². The van der Waals surface area contributed by atoms with Crippen LogP contribution in [-0.2, 0) is 4.74 Å². The Balaban J connectivity index is 1.65. The Morgan fingerprint density at radius 3 is 2.48 bits per heavy atom. The Kier molecular flexibility index (Phi) is 6.43. The van der Waals surface area contributed by atoms with E-state index in [4.69, 9.17) is 9.47 Å². The number of methoxy groups -OCH3 is 2. The zero-order chi connectivity index (χ0) is 19.1. The van der Waals surface area contributed by atoms with E-state index in [0.717, 1.165) is 26.2 Å². The number of carbonyl (C=O) groups is 1. The van der Waals surface area contributed by atoms with Crippen LogP contribution in [0, 0.1) is 0 Å². The molecule has 2 heterocycles. The van der Waals surface area contributed by atoms with Crippen LogP contribution in [0.5, 0.6) is 5.88 Å². The van der Waals surface area contributed by atoms with E-state index in [1.165, 1.54) is 19.0 Å². The average molecular weight is 371 g/mol. The first-order valence-electron chi connectivity index (χ1n) is 8.96.